The van der Waals surface area contributed by atoms with E-state index in [0.29, 0.717) is 0 Å². The highest BCUT2D eigenvalue weighted by molar-refractivity contribution is 7.89. The number of amides is 2. The van der Waals surface area contributed by atoms with Crippen molar-refractivity contribution in [3.8, 4) is 0 Å². The Kier molecular flexibility index (Phi) is 6.63. The van der Waals surface area contributed by atoms with Gasteiger partial charge in [0.2, 0.25) is 10.0 Å². The van der Waals surface area contributed by atoms with Crippen LogP contribution in [-0.2, 0) is 14.8 Å². The average Bonchev–Trinajstić information content (AvgIpc) is 2.24. The van der Waals surface area contributed by atoms with Gasteiger partial charge >= 0.3 is 12.0 Å². The highest BCUT2D eigenvalue weighted by Gasteiger charge is 2.18. The molecule has 2 amide bonds. The molecule has 0 aliphatic heterocycles. The lowest BCUT2D eigenvalue weighted by molar-refractivity contribution is -0.139. The summed E-state index contributed by atoms with van der Waals surface area (Å²) in [6.07, 6.45) is 0.249. The summed E-state index contributed by atoms with van der Waals surface area (Å²) < 4.78 is 23.8. The van der Waals surface area contributed by atoms with Crippen LogP contribution in [0.2, 0.25) is 0 Å². The first kappa shape index (κ1) is 16.6. The van der Waals surface area contributed by atoms with E-state index in [9.17, 15) is 18.0 Å². The van der Waals surface area contributed by atoms with Gasteiger partial charge in [-0.1, -0.05) is 6.92 Å². The summed E-state index contributed by atoms with van der Waals surface area (Å²) in [4.78, 5) is 21.9. The number of hydrogen-bond acceptors (Lipinski definition) is 4. The molecule has 0 aromatic heterocycles. The first-order valence-electron chi connectivity index (χ1n) is 5.38. The summed E-state index contributed by atoms with van der Waals surface area (Å²) in [7, 11) is -0.578. The van der Waals surface area contributed by atoms with Crippen LogP contribution in [0.4, 0.5) is 4.79 Å². The van der Waals surface area contributed by atoms with E-state index in [-0.39, 0.29) is 18.7 Å². The second kappa shape index (κ2) is 7.17. The lowest BCUT2D eigenvalue weighted by atomic mass is 10.2. The third-order valence-electron chi connectivity index (χ3n) is 2.21. The number of aliphatic carboxylic acids is 1. The summed E-state index contributed by atoms with van der Waals surface area (Å²) in [5.74, 6) is -1.37. The zero-order valence-corrected chi connectivity index (χ0v) is 11.5. The zero-order valence-electron chi connectivity index (χ0n) is 10.6. The van der Waals surface area contributed by atoms with E-state index in [1.165, 1.54) is 14.1 Å². The van der Waals surface area contributed by atoms with E-state index in [2.05, 4.69) is 10.6 Å². The molecule has 0 unspecified atom stereocenters. The molecule has 0 aromatic carbocycles. The number of hydrogen-bond donors (Lipinski definition) is 3. The maximum absolute atomic E-state index is 11.4. The van der Waals surface area contributed by atoms with Crippen molar-refractivity contribution in [2.75, 3.05) is 26.4 Å². The van der Waals surface area contributed by atoms with Crippen molar-refractivity contribution < 1.29 is 23.1 Å². The van der Waals surface area contributed by atoms with Gasteiger partial charge < -0.3 is 15.7 Å². The normalized spacial score (nSPS) is 13.1. The average molecular weight is 281 g/mol. The molecule has 0 radical (unpaired) electrons. The molecule has 0 spiro atoms. The van der Waals surface area contributed by atoms with Crippen molar-refractivity contribution in [2.24, 2.45) is 0 Å². The Bertz CT molecular complexity index is 393. The highest BCUT2D eigenvalue weighted by atomic mass is 32.2. The number of carboxylic acid groups (broad SMARTS) is 1. The van der Waals surface area contributed by atoms with Gasteiger partial charge in [0.1, 0.15) is 6.04 Å². The van der Waals surface area contributed by atoms with Crippen molar-refractivity contribution in [2.45, 2.75) is 19.4 Å². The van der Waals surface area contributed by atoms with Crippen LogP contribution < -0.4 is 10.6 Å². The summed E-state index contributed by atoms with van der Waals surface area (Å²) in [6.45, 7) is 1.54. The van der Waals surface area contributed by atoms with Crippen LogP contribution in [0, 0.1) is 0 Å². The molecular formula is C9H19N3O5S. The number of nitrogens with zero attached hydrogens (tertiary/aromatic N) is 1. The van der Waals surface area contributed by atoms with Gasteiger partial charge in [-0.3, -0.25) is 0 Å². The van der Waals surface area contributed by atoms with Crippen LogP contribution in [0.15, 0.2) is 0 Å². The summed E-state index contributed by atoms with van der Waals surface area (Å²) in [6, 6.07) is -1.67. The Morgan fingerprint density at radius 1 is 1.33 bits per heavy atom. The molecule has 0 bridgehead atoms. The number of sulfonamides is 1. The van der Waals surface area contributed by atoms with Crippen LogP contribution in [0.1, 0.15) is 13.3 Å². The van der Waals surface area contributed by atoms with Gasteiger partial charge in [0.05, 0.1) is 5.75 Å². The van der Waals surface area contributed by atoms with E-state index in [1.807, 2.05) is 0 Å². The SMILES string of the molecule is CC[C@H](NC(=O)NCCS(=O)(=O)N(C)C)C(=O)O. The van der Waals surface area contributed by atoms with Crippen LogP contribution >= 0.6 is 0 Å². The molecule has 8 nitrogen and oxygen atoms in total. The standard InChI is InChI=1S/C9H19N3O5S/c1-4-7(8(13)14)11-9(15)10-5-6-18(16,17)12(2)3/h7H,4-6H2,1-3H3,(H,13,14)(H2,10,11,15)/t7-/m0/s1. The Balaban J connectivity index is 4.10. The van der Waals surface area contributed by atoms with Crippen LogP contribution in [0.3, 0.4) is 0 Å². The molecule has 9 heteroatoms. The largest absolute Gasteiger partial charge is 0.480 e. The third kappa shape index (κ3) is 5.82. The Morgan fingerprint density at radius 2 is 1.89 bits per heavy atom. The Labute approximate surface area is 106 Å². The molecule has 0 heterocycles. The minimum Gasteiger partial charge on any atom is -0.480 e. The molecule has 0 aliphatic carbocycles. The molecule has 3 N–H and O–H groups in total. The fourth-order valence-corrected chi connectivity index (χ4v) is 1.75. The van der Waals surface area contributed by atoms with E-state index in [4.69, 9.17) is 5.11 Å². The maximum Gasteiger partial charge on any atom is 0.326 e. The van der Waals surface area contributed by atoms with Gasteiger partial charge in [0, 0.05) is 20.6 Å². The summed E-state index contributed by atoms with van der Waals surface area (Å²) >= 11 is 0. The van der Waals surface area contributed by atoms with Crippen molar-refractivity contribution >= 4 is 22.0 Å². The Hall–Kier alpha value is -1.35. The number of carbonyl (C=O) groups is 2. The lowest BCUT2D eigenvalue weighted by Gasteiger charge is -2.14. The predicted octanol–water partition coefficient (Wildman–Crippen LogP) is -0.960. The minimum atomic E-state index is -3.37. The lowest BCUT2D eigenvalue weighted by Crippen LogP contribution is -2.47. The molecule has 0 aromatic rings. The highest BCUT2D eigenvalue weighted by Crippen LogP contribution is 1.93. The molecule has 0 saturated carbocycles. The van der Waals surface area contributed by atoms with Gasteiger partial charge in [0.25, 0.3) is 0 Å². The number of urea groups is 1. The van der Waals surface area contributed by atoms with Crippen LogP contribution in [-0.4, -0.2) is 62.3 Å². The molecule has 0 saturated heterocycles. The first-order chi connectivity index (χ1) is 8.20. The summed E-state index contributed by atoms with van der Waals surface area (Å²) in [5.41, 5.74) is 0. The van der Waals surface area contributed by atoms with Gasteiger partial charge in [-0.2, -0.15) is 0 Å². The molecule has 0 fully saturated rings. The first-order valence-corrected chi connectivity index (χ1v) is 6.99. The molecule has 106 valence electrons. The van der Waals surface area contributed by atoms with Crippen LogP contribution in [0.5, 0.6) is 0 Å². The molecular weight excluding hydrogens is 262 g/mol. The fraction of sp³-hybridized carbons (Fsp3) is 0.778. The minimum absolute atomic E-state index is 0.0810. The smallest absolute Gasteiger partial charge is 0.326 e. The van der Waals surface area contributed by atoms with Crippen LogP contribution in [0.25, 0.3) is 0 Å². The fourth-order valence-electron chi connectivity index (χ4n) is 1.02. The van der Waals surface area contributed by atoms with Crippen molar-refractivity contribution in [1.82, 2.24) is 14.9 Å². The van der Waals surface area contributed by atoms with Crippen molar-refractivity contribution in [3.05, 3.63) is 0 Å². The maximum atomic E-state index is 11.4. The van der Waals surface area contributed by atoms with E-state index in [1.54, 1.807) is 6.92 Å². The molecule has 0 aliphatic rings. The van der Waals surface area contributed by atoms with Gasteiger partial charge in [-0.05, 0) is 6.42 Å². The third-order valence-corrected chi connectivity index (χ3v) is 4.05. The molecule has 1 atom stereocenters. The monoisotopic (exact) mass is 281 g/mol. The second-order valence-corrected chi connectivity index (χ2v) is 6.10. The van der Waals surface area contributed by atoms with Crippen molar-refractivity contribution in [3.63, 3.8) is 0 Å². The van der Waals surface area contributed by atoms with Gasteiger partial charge in [-0.15, -0.1) is 0 Å². The number of carboxylic acids is 1. The zero-order chi connectivity index (χ0) is 14.3. The quantitative estimate of drug-likeness (QED) is 0.556. The number of nitrogens with one attached hydrogen (secondary N) is 2. The topological polar surface area (TPSA) is 116 Å². The van der Waals surface area contributed by atoms with E-state index < -0.39 is 28.1 Å². The van der Waals surface area contributed by atoms with Gasteiger partial charge in [-0.25, -0.2) is 22.3 Å². The van der Waals surface area contributed by atoms with Crippen molar-refractivity contribution in [1.29, 1.82) is 0 Å². The second-order valence-electron chi connectivity index (χ2n) is 3.80. The molecule has 0 rings (SSSR count). The number of rotatable bonds is 7. The Morgan fingerprint density at radius 3 is 2.28 bits per heavy atom. The van der Waals surface area contributed by atoms with Gasteiger partial charge in [0.15, 0.2) is 0 Å². The predicted molar refractivity (Wildman–Crippen MR) is 65.7 cm³/mol. The summed E-state index contributed by atoms with van der Waals surface area (Å²) in [5, 5.41) is 13.2. The van der Waals surface area contributed by atoms with E-state index in [0.717, 1.165) is 4.31 Å². The van der Waals surface area contributed by atoms with E-state index >= 15 is 0 Å². The number of carbonyl (C=O) groups excluding carboxylic acids is 1. The molecule has 18 heavy (non-hydrogen) atoms.